The number of H-pyrrole nitrogens is 1. The number of aromatic nitrogens is 7. The molecule has 5 aromatic rings. The van der Waals surface area contributed by atoms with Crippen LogP contribution in [0.4, 0.5) is 4.39 Å². The van der Waals surface area contributed by atoms with Crippen molar-refractivity contribution in [2.45, 2.75) is 26.0 Å². The smallest absolute Gasteiger partial charge is 0.178 e. The maximum Gasteiger partial charge on any atom is 0.178 e. The van der Waals surface area contributed by atoms with E-state index >= 15 is 0 Å². The van der Waals surface area contributed by atoms with Crippen LogP contribution >= 0.6 is 0 Å². The van der Waals surface area contributed by atoms with Crippen molar-refractivity contribution in [1.82, 2.24) is 34.9 Å². The largest absolute Gasteiger partial charge is 0.384 e. The molecule has 0 bridgehead atoms. The average Bonchev–Trinajstić information content (AvgIpc) is 3.48. The molecule has 2 N–H and O–H groups in total. The van der Waals surface area contributed by atoms with Crippen molar-refractivity contribution in [3.8, 4) is 28.6 Å². The highest BCUT2D eigenvalue weighted by atomic mass is 19.1. The number of hydrogen-bond donors (Lipinski definition) is 2. The van der Waals surface area contributed by atoms with Gasteiger partial charge in [0.15, 0.2) is 5.65 Å². The number of imidazole rings is 1. The molecule has 4 aromatic heterocycles. The van der Waals surface area contributed by atoms with Gasteiger partial charge in [-0.3, -0.25) is 4.98 Å². The van der Waals surface area contributed by atoms with Crippen LogP contribution < -0.4 is 0 Å². The summed E-state index contributed by atoms with van der Waals surface area (Å²) in [6, 6.07) is 13.6. The SMILES string of the molecule is CC(C)(O)c1cccc(Cn2cc(-c3cc(-c4cccc(C#N)c4F)nc4nc[nH]c34)nn2)n1. The van der Waals surface area contributed by atoms with Crippen molar-refractivity contribution in [2.75, 3.05) is 0 Å². The number of aromatic amines is 1. The van der Waals surface area contributed by atoms with Gasteiger partial charge in [0.05, 0.1) is 47.2 Å². The van der Waals surface area contributed by atoms with Gasteiger partial charge in [0.25, 0.3) is 0 Å². The van der Waals surface area contributed by atoms with Crippen LogP contribution in [0.2, 0.25) is 0 Å². The first-order valence-corrected chi connectivity index (χ1v) is 10.5. The molecule has 5 rings (SSSR count). The van der Waals surface area contributed by atoms with E-state index < -0.39 is 11.4 Å². The molecule has 9 nitrogen and oxygen atoms in total. The fourth-order valence-corrected chi connectivity index (χ4v) is 3.65. The Hall–Kier alpha value is -4.49. The van der Waals surface area contributed by atoms with E-state index in [1.165, 1.54) is 12.4 Å². The van der Waals surface area contributed by atoms with Crippen molar-refractivity contribution >= 4 is 11.2 Å². The van der Waals surface area contributed by atoms with Crippen LogP contribution in [0.25, 0.3) is 33.7 Å². The average molecular weight is 454 g/mol. The lowest BCUT2D eigenvalue weighted by atomic mass is 10.0. The number of fused-ring (bicyclic) bond motifs is 1. The van der Waals surface area contributed by atoms with E-state index in [1.54, 1.807) is 49.0 Å². The topological polar surface area (TPSA) is 129 Å². The Morgan fingerprint density at radius 3 is 2.74 bits per heavy atom. The second-order valence-corrected chi connectivity index (χ2v) is 8.31. The fraction of sp³-hybridized carbons (Fsp3) is 0.167. The molecule has 0 spiro atoms. The van der Waals surface area contributed by atoms with Crippen LogP contribution in [0.1, 0.15) is 30.8 Å². The molecule has 0 aliphatic carbocycles. The molecule has 34 heavy (non-hydrogen) atoms. The van der Waals surface area contributed by atoms with Crippen molar-refractivity contribution < 1.29 is 9.50 Å². The summed E-state index contributed by atoms with van der Waals surface area (Å²) in [5.41, 5.74) is 2.90. The van der Waals surface area contributed by atoms with Crippen LogP contribution in [-0.2, 0) is 12.1 Å². The molecule has 0 amide bonds. The summed E-state index contributed by atoms with van der Waals surface area (Å²) in [6.45, 7) is 3.71. The molecule has 0 saturated carbocycles. The molecule has 168 valence electrons. The molecular weight excluding hydrogens is 435 g/mol. The number of halogens is 1. The second-order valence-electron chi connectivity index (χ2n) is 8.31. The molecule has 0 aliphatic heterocycles. The van der Waals surface area contributed by atoms with E-state index in [4.69, 9.17) is 0 Å². The highest BCUT2D eigenvalue weighted by molar-refractivity contribution is 5.91. The molecule has 0 atom stereocenters. The van der Waals surface area contributed by atoms with Gasteiger partial charge in [-0.25, -0.2) is 19.0 Å². The van der Waals surface area contributed by atoms with Crippen molar-refractivity contribution in [3.05, 3.63) is 77.8 Å². The Balaban J connectivity index is 1.54. The molecule has 4 heterocycles. The molecule has 0 unspecified atom stereocenters. The highest BCUT2D eigenvalue weighted by Gasteiger charge is 2.19. The van der Waals surface area contributed by atoms with Gasteiger partial charge < -0.3 is 10.1 Å². The van der Waals surface area contributed by atoms with Crippen LogP contribution in [-0.4, -0.2) is 40.0 Å². The first-order chi connectivity index (χ1) is 16.3. The van der Waals surface area contributed by atoms with Gasteiger partial charge in [-0.2, -0.15) is 5.26 Å². The van der Waals surface area contributed by atoms with E-state index in [-0.39, 0.29) is 11.1 Å². The minimum Gasteiger partial charge on any atom is -0.384 e. The first kappa shape index (κ1) is 21.4. The van der Waals surface area contributed by atoms with Crippen molar-refractivity contribution in [2.24, 2.45) is 0 Å². The standard InChI is InChI=1S/C24H19FN8O/c1-24(2,34)20-8-4-6-15(29-20)11-33-12-19(31-32-33)17-9-18(30-23-22(17)27-13-28-23)16-7-3-5-14(10-26)21(16)25/h3-9,12-13,34H,11H2,1-2H3,(H,27,28,30). The predicted molar refractivity (Wildman–Crippen MR) is 122 cm³/mol. The van der Waals surface area contributed by atoms with Crippen LogP contribution in [0.3, 0.4) is 0 Å². The number of pyridine rings is 2. The molecule has 0 saturated heterocycles. The van der Waals surface area contributed by atoms with E-state index in [0.717, 1.165) is 0 Å². The van der Waals surface area contributed by atoms with Gasteiger partial charge in [0.1, 0.15) is 23.2 Å². The van der Waals surface area contributed by atoms with E-state index in [2.05, 4.69) is 30.2 Å². The number of rotatable bonds is 5. The molecule has 10 heteroatoms. The van der Waals surface area contributed by atoms with Gasteiger partial charge in [0.2, 0.25) is 0 Å². The first-order valence-electron chi connectivity index (χ1n) is 10.5. The quantitative estimate of drug-likeness (QED) is 0.415. The van der Waals surface area contributed by atoms with Gasteiger partial charge in [-0.05, 0) is 44.2 Å². The summed E-state index contributed by atoms with van der Waals surface area (Å²) in [6.07, 6.45) is 3.25. The monoisotopic (exact) mass is 454 g/mol. The zero-order valence-corrected chi connectivity index (χ0v) is 18.4. The molecule has 0 aliphatic rings. The number of nitriles is 1. The maximum absolute atomic E-state index is 14.8. The second kappa shape index (κ2) is 8.13. The van der Waals surface area contributed by atoms with Gasteiger partial charge >= 0.3 is 0 Å². The summed E-state index contributed by atoms with van der Waals surface area (Å²) in [7, 11) is 0. The molecule has 0 fully saturated rings. The minimum atomic E-state index is -1.05. The number of nitrogens with one attached hydrogen (secondary N) is 1. The zero-order chi connectivity index (χ0) is 23.9. The third-order valence-electron chi connectivity index (χ3n) is 5.36. The highest BCUT2D eigenvalue weighted by Crippen LogP contribution is 2.31. The predicted octanol–water partition coefficient (Wildman–Crippen LogP) is 3.56. The third-order valence-corrected chi connectivity index (χ3v) is 5.36. The molecular formula is C24H19FN8O. The normalized spacial score (nSPS) is 11.6. The Labute approximate surface area is 193 Å². The van der Waals surface area contributed by atoms with Crippen molar-refractivity contribution in [3.63, 3.8) is 0 Å². The summed E-state index contributed by atoms with van der Waals surface area (Å²) in [5, 5.41) is 27.9. The van der Waals surface area contributed by atoms with Gasteiger partial charge in [-0.15, -0.1) is 5.10 Å². The van der Waals surface area contributed by atoms with Gasteiger partial charge in [-0.1, -0.05) is 17.3 Å². The lowest BCUT2D eigenvalue weighted by Gasteiger charge is -2.17. The van der Waals surface area contributed by atoms with Crippen molar-refractivity contribution in [1.29, 1.82) is 5.26 Å². The summed E-state index contributed by atoms with van der Waals surface area (Å²) in [5.74, 6) is -0.639. The lowest BCUT2D eigenvalue weighted by molar-refractivity contribution is 0.0736. The minimum absolute atomic E-state index is 0.0605. The number of aliphatic hydroxyl groups is 1. The Bertz CT molecular complexity index is 1560. The van der Waals surface area contributed by atoms with Crippen LogP contribution in [0.5, 0.6) is 0 Å². The Morgan fingerprint density at radius 2 is 1.94 bits per heavy atom. The summed E-state index contributed by atoms with van der Waals surface area (Å²) < 4.78 is 16.5. The summed E-state index contributed by atoms with van der Waals surface area (Å²) in [4.78, 5) is 16.2. The number of benzene rings is 1. The van der Waals surface area contributed by atoms with E-state index in [1.807, 2.05) is 18.2 Å². The zero-order valence-electron chi connectivity index (χ0n) is 18.4. The maximum atomic E-state index is 14.8. The third kappa shape index (κ3) is 3.89. The van der Waals surface area contributed by atoms with Gasteiger partial charge in [0, 0.05) is 11.1 Å². The fourth-order valence-electron chi connectivity index (χ4n) is 3.65. The van der Waals surface area contributed by atoms with Crippen LogP contribution in [0.15, 0.2) is 55.0 Å². The summed E-state index contributed by atoms with van der Waals surface area (Å²) >= 11 is 0. The number of hydrogen-bond acceptors (Lipinski definition) is 7. The van der Waals surface area contributed by atoms with Crippen LogP contribution in [0, 0.1) is 17.1 Å². The lowest BCUT2D eigenvalue weighted by Crippen LogP contribution is -2.18. The molecule has 0 radical (unpaired) electrons. The molecule has 1 aromatic carbocycles. The Morgan fingerprint density at radius 1 is 1.12 bits per heavy atom. The number of nitrogens with zero attached hydrogens (tertiary/aromatic N) is 7. The van der Waals surface area contributed by atoms with E-state index in [9.17, 15) is 14.8 Å². The van der Waals surface area contributed by atoms with E-state index in [0.29, 0.717) is 46.0 Å². The Kier molecular flexibility index (Phi) is 5.11.